The Morgan fingerprint density at radius 3 is 2.09 bits per heavy atom. The van der Waals surface area contributed by atoms with Crippen molar-refractivity contribution in [1.82, 2.24) is 10.6 Å². The van der Waals surface area contributed by atoms with E-state index in [0.29, 0.717) is 17.5 Å². The van der Waals surface area contributed by atoms with Gasteiger partial charge in [-0.25, -0.2) is 0 Å². The van der Waals surface area contributed by atoms with E-state index in [0.717, 1.165) is 18.4 Å². The molecule has 6 heteroatoms. The lowest BCUT2D eigenvalue weighted by Crippen LogP contribution is -2.30. The highest BCUT2D eigenvalue weighted by atomic mass is 16.5. The van der Waals surface area contributed by atoms with Crippen LogP contribution in [0, 0.1) is 11.3 Å². The van der Waals surface area contributed by atoms with E-state index in [1.807, 2.05) is 31.2 Å². The van der Waals surface area contributed by atoms with E-state index >= 15 is 0 Å². The van der Waals surface area contributed by atoms with Crippen molar-refractivity contribution in [3.8, 4) is 17.6 Å². The summed E-state index contributed by atoms with van der Waals surface area (Å²) in [5, 5.41) is 15.8. The zero-order chi connectivity index (χ0) is 23.2. The molecule has 1 unspecified atom stereocenters. The number of carbonyl (C=O) groups excluding carboxylic acids is 1. The maximum atomic E-state index is 12.7. The SMILES string of the molecule is COc1ccc(C(C)NC(=O)/C(C#N)=C\NC2CCCCCCCCCCC2)cc1OC. The molecule has 176 valence electrons. The molecular formula is C26H39N3O3. The van der Waals surface area contributed by atoms with Gasteiger partial charge in [-0.1, -0.05) is 63.9 Å². The number of benzene rings is 1. The molecule has 1 fully saturated rings. The third kappa shape index (κ3) is 8.45. The minimum Gasteiger partial charge on any atom is -0.493 e. The molecule has 1 amide bonds. The molecule has 1 aromatic rings. The van der Waals surface area contributed by atoms with Crippen molar-refractivity contribution >= 4 is 5.91 Å². The molecule has 6 nitrogen and oxygen atoms in total. The first-order valence-electron chi connectivity index (χ1n) is 12.0. The minimum absolute atomic E-state index is 0.100. The van der Waals surface area contributed by atoms with Gasteiger partial charge in [0.05, 0.1) is 20.3 Å². The van der Waals surface area contributed by atoms with Gasteiger partial charge in [0.2, 0.25) is 0 Å². The summed E-state index contributed by atoms with van der Waals surface area (Å²) in [5.74, 6) is 0.857. The highest BCUT2D eigenvalue weighted by Crippen LogP contribution is 2.30. The minimum atomic E-state index is -0.379. The zero-order valence-electron chi connectivity index (χ0n) is 19.9. The molecule has 32 heavy (non-hydrogen) atoms. The van der Waals surface area contributed by atoms with E-state index in [1.54, 1.807) is 20.4 Å². The van der Waals surface area contributed by atoms with Crippen molar-refractivity contribution in [2.24, 2.45) is 0 Å². The molecule has 0 spiro atoms. The first-order valence-corrected chi connectivity index (χ1v) is 12.0. The van der Waals surface area contributed by atoms with Crippen LogP contribution in [0.1, 0.15) is 89.2 Å². The predicted octanol–water partition coefficient (Wildman–Crippen LogP) is 5.55. The standard InChI is InChI=1S/C26H39N3O3/c1-20(21-15-16-24(31-2)25(17-21)32-3)29-26(30)22(18-27)19-28-23-13-11-9-7-5-4-6-8-10-12-14-23/h15-17,19-20,23,28H,4-14H2,1-3H3,(H,29,30)/b22-19-. The number of hydrogen-bond acceptors (Lipinski definition) is 5. The monoisotopic (exact) mass is 441 g/mol. The normalized spacial score (nSPS) is 17.8. The highest BCUT2D eigenvalue weighted by molar-refractivity contribution is 5.97. The summed E-state index contributed by atoms with van der Waals surface area (Å²) in [7, 11) is 3.16. The third-order valence-electron chi connectivity index (χ3n) is 6.19. The molecule has 0 heterocycles. The van der Waals surface area contributed by atoms with Crippen LogP contribution in [0.25, 0.3) is 0 Å². The van der Waals surface area contributed by atoms with Gasteiger partial charge >= 0.3 is 0 Å². The summed E-state index contributed by atoms with van der Waals surface area (Å²) >= 11 is 0. The van der Waals surface area contributed by atoms with Crippen LogP contribution in [0.2, 0.25) is 0 Å². The number of amides is 1. The lowest BCUT2D eigenvalue weighted by molar-refractivity contribution is -0.117. The van der Waals surface area contributed by atoms with Crippen molar-refractivity contribution in [3.63, 3.8) is 0 Å². The van der Waals surface area contributed by atoms with Crippen LogP contribution in [0.5, 0.6) is 11.5 Å². The second-order valence-electron chi connectivity index (χ2n) is 8.60. The van der Waals surface area contributed by atoms with Crippen LogP contribution < -0.4 is 20.1 Å². The van der Waals surface area contributed by atoms with Gasteiger partial charge in [-0.15, -0.1) is 0 Å². The molecule has 1 aliphatic rings. The van der Waals surface area contributed by atoms with Gasteiger partial charge in [0, 0.05) is 12.2 Å². The molecule has 0 aromatic heterocycles. The molecule has 2 rings (SSSR count). The average molecular weight is 442 g/mol. The van der Waals surface area contributed by atoms with Crippen molar-refractivity contribution in [1.29, 1.82) is 5.26 Å². The molecule has 1 saturated carbocycles. The summed E-state index contributed by atoms with van der Waals surface area (Å²) in [6.45, 7) is 1.88. The number of nitrogens with one attached hydrogen (secondary N) is 2. The Morgan fingerprint density at radius 1 is 1.00 bits per heavy atom. The van der Waals surface area contributed by atoms with Crippen LogP contribution in [0.15, 0.2) is 30.0 Å². The van der Waals surface area contributed by atoms with Crippen molar-refractivity contribution in [2.45, 2.75) is 89.6 Å². The lowest BCUT2D eigenvalue weighted by Gasteiger charge is -2.19. The van der Waals surface area contributed by atoms with Crippen LogP contribution in [0.4, 0.5) is 0 Å². The summed E-state index contributed by atoms with van der Waals surface area (Å²) in [4.78, 5) is 12.7. The van der Waals surface area contributed by atoms with E-state index in [1.165, 1.54) is 57.8 Å². The van der Waals surface area contributed by atoms with Crippen LogP contribution in [0.3, 0.4) is 0 Å². The Hall–Kier alpha value is -2.68. The number of ether oxygens (including phenoxy) is 2. The first kappa shape index (κ1) is 25.6. The summed E-state index contributed by atoms with van der Waals surface area (Å²) in [6, 6.07) is 7.61. The zero-order valence-corrected chi connectivity index (χ0v) is 19.9. The molecular weight excluding hydrogens is 402 g/mol. The number of methoxy groups -OCH3 is 2. The van der Waals surface area contributed by atoms with Gasteiger partial charge in [-0.2, -0.15) is 5.26 Å². The Labute approximate surface area is 193 Å². The maximum absolute atomic E-state index is 12.7. The van der Waals surface area contributed by atoms with Crippen molar-refractivity contribution < 1.29 is 14.3 Å². The Morgan fingerprint density at radius 2 is 1.56 bits per heavy atom. The van der Waals surface area contributed by atoms with Gasteiger partial charge in [-0.3, -0.25) is 4.79 Å². The Kier molecular flexibility index (Phi) is 11.5. The molecule has 0 bridgehead atoms. The fourth-order valence-corrected chi connectivity index (χ4v) is 4.16. The number of rotatable bonds is 7. The average Bonchev–Trinajstić information content (AvgIpc) is 2.80. The second-order valence-corrected chi connectivity index (χ2v) is 8.60. The van der Waals surface area contributed by atoms with Crippen LogP contribution in [-0.4, -0.2) is 26.2 Å². The largest absolute Gasteiger partial charge is 0.493 e. The number of nitrogens with zero attached hydrogens (tertiary/aromatic N) is 1. The lowest BCUT2D eigenvalue weighted by atomic mass is 9.98. The molecule has 0 radical (unpaired) electrons. The number of hydrogen-bond donors (Lipinski definition) is 2. The number of nitriles is 1. The summed E-state index contributed by atoms with van der Waals surface area (Å²) < 4.78 is 10.6. The summed E-state index contributed by atoms with van der Waals surface area (Å²) in [5.41, 5.74) is 0.976. The Balaban J connectivity index is 1.96. The van der Waals surface area contributed by atoms with Crippen molar-refractivity contribution in [3.05, 3.63) is 35.5 Å². The van der Waals surface area contributed by atoms with E-state index in [2.05, 4.69) is 10.6 Å². The third-order valence-corrected chi connectivity index (χ3v) is 6.19. The molecule has 1 aromatic carbocycles. The smallest absolute Gasteiger partial charge is 0.263 e. The molecule has 0 aliphatic heterocycles. The summed E-state index contributed by atoms with van der Waals surface area (Å²) in [6.07, 6.45) is 15.3. The van der Waals surface area contributed by atoms with Gasteiger partial charge in [-0.05, 0) is 37.5 Å². The number of carbonyl (C=O) groups is 1. The van der Waals surface area contributed by atoms with E-state index < -0.39 is 0 Å². The van der Waals surface area contributed by atoms with Gasteiger partial charge in [0.25, 0.3) is 5.91 Å². The van der Waals surface area contributed by atoms with E-state index in [-0.39, 0.29) is 17.5 Å². The first-order chi connectivity index (χ1) is 15.6. The van der Waals surface area contributed by atoms with Crippen LogP contribution >= 0.6 is 0 Å². The molecule has 2 N–H and O–H groups in total. The van der Waals surface area contributed by atoms with E-state index in [4.69, 9.17) is 9.47 Å². The van der Waals surface area contributed by atoms with Gasteiger partial charge in [0.15, 0.2) is 11.5 Å². The van der Waals surface area contributed by atoms with Gasteiger partial charge in [0.1, 0.15) is 11.6 Å². The molecule has 0 saturated heterocycles. The molecule has 1 aliphatic carbocycles. The second kappa shape index (κ2) is 14.4. The quantitative estimate of drug-likeness (QED) is 0.428. The molecule has 1 atom stereocenters. The predicted molar refractivity (Wildman–Crippen MR) is 128 cm³/mol. The highest BCUT2D eigenvalue weighted by Gasteiger charge is 2.16. The van der Waals surface area contributed by atoms with Gasteiger partial charge < -0.3 is 20.1 Å². The Bertz CT molecular complexity index is 773. The van der Waals surface area contributed by atoms with Crippen molar-refractivity contribution in [2.75, 3.05) is 14.2 Å². The van der Waals surface area contributed by atoms with E-state index in [9.17, 15) is 10.1 Å². The maximum Gasteiger partial charge on any atom is 0.263 e. The van der Waals surface area contributed by atoms with Crippen LogP contribution in [-0.2, 0) is 4.79 Å². The fraction of sp³-hybridized carbons (Fsp3) is 0.615. The fourth-order valence-electron chi connectivity index (χ4n) is 4.16. The topological polar surface area (TPSA) is 83.4 Å².